The van der Waals surface area contributed by atoms with Crippen LogP contribution in [0.25, 0.3) is 0 Å². The molecule has 1 fully saturated rings. The topological polar surface area (TPSA) is 29.5 Å². The van der Waals surface area contributed by atoms with Crippen molar-refractivity contribution < 1.29 is 9.53 Å². The highest BCUT2D eigenvalue weighted by atomic mass is 35.5. The second kappa shape index (κ2) is 7.16. The quantitative estimate of drug-likeness (QED) is 0.721. The monoisotopic (exact) mass is 401 g/mol. The normalized spacial score (nSPS) is 21.7. The van der Waals surface area contributed by atoms with Crippen molar-refractivity contribution >= 4 is 29.3 Å². The molecule has 2 aliphatic heterocycles. The number of hydrogen-bond donors (Lipinski definition) is 0. The Labute approximate surface area is 170 Å². The Morgan fingerprint density at radius 3 is 2.78 bits per heavy atom. The van der Waals surface area contributed by atoms with Gasteiger partial charge in [-0.2, -0.15) is 0 Å². The molecular formula is C22H24ClNO2S. The van der Waals surface area contributed by atoms with Gasteiger partial charge < -0.3 is 9.64 Å². The van der Waals surface area contributed by atoms with Gasteiger partial charge >= 0.3 is 0 Å². The molecule has 2 aliphatic rings. The highest BCUT2D eigenvalue weighted by molar-refractivity contribution is 8.00. The molecule has 0 aliphatic carbocycles. The maximum Gasteiger partial charge on any atom is 0.238 e. The van der Waals surface area contributed by atoms with Crippen LogP contribution in [-0.2, 0) is 27.5 Å². The third kappa shape index (κ3) is 3.51. The van der Waals surface area contributed by atoms with Crippen LogP contribution in [0.1, 0.15) is 37.0 Å². The van der Waals surface area contributed by atoms with E-state index in [1.165, 1.54) is 11.1 Å². The van der Waals surface area contributed by atoms with Gasteiger partial charge in [-0.15, -0.1) is 11.8 Å². The van der Waals surface area contributed by atoms with E-state index in [0.29, 0.717) is 13.2 Å². The van der Waals surface area contributed by atoms with Crippen LogP contribution >= 0.6 is 23.4 Å². The highest BCUT2D eigenvalue weighted by Crippen LogP contribution is 2.44. The van der Waals surface area contributed by atoms with Gasteiger partial charge in [0.15, 0.2) is 0 Å². The van der Waals surface area contributed by atoms with Crippen molar-refractivity contribution in [2.75, 3.05) is 13.1 Å². The lowest BCUT2D eigenvalue weighted by atomic mass is 9.92. The van der Waals surface area contributed by atoms with E-state index in [-0.39, 0.29) is 11.5 Å². The molecule has 0 N–H and O–H groups in total. The van der Waals surface area contributed by atoms with Gasteiger partial charge in [0, 0.05) is 17.3 Å². The Morgan fingerprint density at radius 2 is 1.96 bits per heavy atom. The number of hydrogen-bond acceptors (Lipinski definition) is 3. The van der Waals surface area contributed by atoms with E-state index in [2.05, 4.69) is 18.2 Å². The number of amides is 1. The first-order valence-electron chi connectivity index (χ1n) is 9.30. The molecule has 3 nitrogen and oxygen atoms in total. The van der Waals surface area contributed by atoms with Crippen molar-refractivity contribution in [3.8, 4) is 0 Å². The summed E-state index contributed by atoms with van der Waals surface area (Å²) in [6, 6.07) is 16.2. The van der Waals surface area contributed by atoms with E-state index in [4.69, 9.17) is 16.3 Å². The lowest BCUT2D eigenvalue weighted by Gasteiger charge is -2.30. The molecule has 1 saturated heterocycles. The van der Waals surface area contributed by atoms with Crippen LogP contribution in [0.3, 0.4) is 0 Å². The minimum absolute atomic E-state index is 0.171. The van der Waals surface area contributed by atoms with E-state index in [1.54, 1.807) is 11.8 Å². The van der Waals surface area contributed by atoms with E-state index < -0.39 is 4.75 Å². The maximum atomic E-state index is 13.2. The van der Waals surface area contributed by atoms with Crippen LogP contribution in [0.15, 0.2) is 48.5 Å². The SMILES string of the molecule is CC(C)(SCc1ccccc1Cl)C(=O)N1CCC2(C1)OCc1ccccc12. The number of benzene rings is 2. The van der Waals surface area contributed by atoms with Gasteiger partial charge in [0.1, 0.15) is 5.60 Å². The number of likely N-dealkylation sites (tertiary alicyclic amines) is 1. The lowest BCUT2D eigenvalue weighted by Crippen LogP contribution is -2.43. The zero-order chi connectivity index (χ0) is 19.1. The van der Waals surface area contributed by atoms with E-state index in [9.17, 15) is 4.79 Å². The molecular weight excluding hydrogens is 378 g/mol. The van der Waals surface area contributed by atoms with E-state index in [0.717, 1.165) is 29.3 Å². The van der Waals surface area contributed by atoms with Crippen molar-refractivity contribution in [3.63, 3.8) is 0 Å². The molecule has 1 spiro atoms. The van der Waals surface area contributed by atoms with Crippen molar-refractivity contribution in [2.45, 2.75) is 43.0 Å². The van der Waals surface area contributed by atoms with Crippen molar-refractivity contribution in [1.29, 1.82) is 0 Å². The summed E-state index contributed by atoms with van der Waals surface area (Å²) in [7, 11) is 0. The van der Waals surface area contributed by atoms with Crippen LogP contribution in [0, 0.1) is 0 Å². The van der Waals surface area contributed by atoms with E-state index in [1.807, 2.05) is 49.1 Å². The Kier molecular flexibility index (Phi) is 5.00. The third-order valence-corrected chi connectivity index (χ3v) is 7.31. The second-order valence-electron chi connectivity index (χ2n) is 7.81. The number of carbonyl (C=O) groups excluding carboxylic acids is 1. The Balaban J connectivity index is 1.45. The molecule has 0 radical (unpaired) electrons. The maximum absolute atomic E-state index is 13.2. The number of nitrogens with zero attached hydrogens (tertiary/aromatic N) is 1. The lowest BCUT2D eigenvalue weighted by molar-refractivity contribution is -0.133. The first kappa shape index (κ1) is 18.9. The minimum Gasteiger partial charge on any atom is -0.364 e. The molecule has 142 valence electrons. The fourth-order valence-corrected chi connectivity index (χ4v) is 5.30. The van der Waals surface area contributed by atoms with Crippen molar-refractivity contribution in [1.82, 2.24) is 4.90 Å². The summed E-state index contributed by atoms with van der Waals surface area (Å²) in [5.74, 6) is 0.890. The van der Waals surface area contributed by atoms with Crippen LogP contribution in [0.2, 0.25) is 5.02 Å². The predicted octanol–water partition coefficient (Wildman–Crippen LogP) is 5.01. The van der Waals surface area contributed by atoms with Crippen molar-refractivity contribution in [3.05, 3.63) is 70.2 Å². The molecule has 1 unspecified atom stereocenters. The van der Waals surface area contributed by atoms with Gasteiger partial charge in [0.2, 0.25) is 5.91 Å². The summed E-state index contributed by atoms with van der Waals surface area (Å²) in [6.45, 7) is 6.03. The van der Waals surface area contributed by atoms with Crippen LogP contribution < -0.4 is 0 Å². The van der Waals surface area contributed by atoms with Gasteiger partial charge in [-0.05, 0) is 43.0 Å². The van der Waals surface area contributed by atoms with E-state index >= 15 is 0 Å². The van der Waals surface area contributed by atoms with Gasteiger partial charge in [-0.25, -0.2) is 0 Å². The van der Waals surface area contributed by atoms with Gasteiger partial charge in [-0.3, -0.25) is 4.79 Å². The minimum atomic E-state index is -0.511. The Hall–Kier alpha value is -1.49. The smallest absolute Gasteiger partial charge is 0.238 e. The number of ether oxygens (including phenoxy) is 1. The fourth-order valence-electron chi connectivity index (χ4n) is 3.99. The molecule has 27 heavy (non-hydrogen) atoms. The molecule has 1 atom stereocenters. The largest absolute Gasteiger partial charge is 0.364 e. The summed E-state index contributed by atoms with van der Waals surface area (Å²) in [6.07, 6.45) is 0.862. The number of thioether (sulfide) groups is 1. The average molecular weight is 402 g/mol. The molecule has 0 aromatic heterocycles. The molecule has 2 aromatic carbocycles. The highest BCUT2D eigenvalue weighted by Gasteiger charge is 2.48. The number of carbonyl (C=O) groups is 1. The molecule has 1 amide bonds. The third-order valence-electron chi connectivity index (χ3n) is 5.59. The summed E-state index contributed by atoms with van der Waals surface area (Å²) >= 11 is 7.91. The molecule has 0 saturated carbocycles. The van der Waals surface area contributed by atoms with Crippen LogP contribution in [0.4, 0.5) is 0 Å². The van der Waals surface area contributed by atoms with Crippen LogP contribution in [0.5, 0.6) is 0 Å². The van der Waals surface area contributed by atoms with Gasteiger partial charge in [0.05, 0.1) is 17.9 Å². The zero-order valence-electron chi connectivity index (χ0n) is 15.7. The molecule has 0 bridgehead atoms. The molecule has 4 rings (SSSR count). The number of rotatable bonds is 4. The number of halogens is 1. The molecule has 2 heterocycles. The standard InChI is InChI=1S/C22H24ClNO2S/c1-21(2,27-14-17-8-4-6-10-19(17)23)20(25)24-12-11-22(15-24)18-9-5-3-7-16(18)13-26-22/h3-10H,11-15H2,1-2H3. The zero-order valence-corrected chi connectivity index (χ0v) is 17.3. The number of fused-ring (bicyclic) bond motifs is 2. The van der Waals surface area contributed by atoms with Gasteiger partial charge in [0.25, 0.3) is 0 Å². The Bertz CT molecular complexity index is 869. The first-order valence-corrected chi connectivity index (χ1v) is 10.7. The predicted molar refractivity (Wildman–Crippen MR) is 111 cm³/mol. The molecule has 2 aromatic rings. The Morgan fingerprint density at radius 1 is 1.22 bits per heavy atom. The van der Waals surface area contributed by atoms with Gasteiger partial charge in [-0.1, -0.05) is 54.1 Å². The second-order valence-corrected chi connectivity index (χ2v) is 9.81. The fraction of sp³-hybridized carbons (Fsp3) is 0.409. The van der Waals surface area contributed by atoms with Crippen molar-refractivity contribution in [2.24, 2.45) is 0 Å². The summed E-state index contributed by atoms with van der Waals surface area (Å²) < 4.78 is 5.68. The molecule has 5 heteroatoms. The first-order chi connectivity index (χ1) is 12.9. The van der Waals surface area contributed by atoms with Crippen LogP contribution in [-0.4, -0.2) is 28.6 Å². The summed E-state index contributed by atoms with van der Waals surface area (Å²) in [5.41, 5.74) is 3.24. The summed E-state index contributed by atoms with van der Waals surface area (Å²) in [5, 5.41) is 0.754. The summed E-state index contributed by atoms with van der Waals surface area (Å²) in [4.78, 5) is 15.2. The average Bonchev–Trinajstić information content (AvgIpc) is 3.26.